The highest BCUT2D eigenvalue weighted by atomic mass is 19.1. The van der Waals surface area contributed by atoms with Crippen molar-refractivity contribution < 1.29 is 9.18 Å². The van der Waals surface area contributed by atoms with Crippen LogP contribution in [0.4, 0.5) is 4.39 Å². The van der Waals surface area contributed by atoms with Crippen LogP contribution in [-0.4, -0.2) is 17.4 Å². The third-order valence-electron chi connectivity index (χ3n) is 2.20. The van der Waals surface area contributed by atoms with Crippen LogP contribution < -0.4 is 5.32 Å². The van der Waals surface area contributed by atoms with Gasteiger partial charge in [-0.05, 0) is 30.9 Å². The molecule has 74 valence electrons. The van der Waals surface area contributed by atoms with Gasteiger partial charge in [-0.3, -0.25) is 4.79 Å². The number of hydrogen-bond acceptors (Lipinski definition) is 2. The van der Waals surface area contributed by atoms with Gasteiger partial charge in [0.2, 0.25) is 5.95 Å². The van der Waals surface area contributed by atoms with E-state index in [9.17, 15) is 9.18 Å². The Hall–Kier alpha value is -1.45. The number of nitrogens with zero attached hydrogens (tertiary/aromatic N) is 1. The lowest BCUT2D eigenvalue weighted by atomic mass is 10.3. The summed E-state index contributed by atoms with van der Waals surface area (Å²) in [5, 5.41) is 2.72. The third-order valence-corrected chi connectivity index (χ3v) is 2.20. The van der Waals surface area contributed by atoms with Crippen molar-refractivity contribution in [1.29, 1.82) is 0 Å². The van der Waals surface area contributed by atoms with Crippen molar-refractivity contribution in [3.63, 3.8) is 0 Å². The quantitative estimate of drug-likeness (QED) is 0.738. The van der Waals surface area contributed by atoms with Crippen molar-refractivity contribution in [2.24, 2.45) is 5.92 Å². The zero-order chi connectivity index (χ0) is 9.97. The summed E-state index contributed by atoms with van der Waals surface area (Å²) in [6, 6.07) is 4.21. The van der Waals surface area contributed by atoms with Gasteiger partial charge in [-0.2, -0.15) is 4.39 Å². The van der Waals surface area contributed by atoms with Crippen molar-refractivity contribution >= 4 is 5.91 Å². The zero-order valence-corrected chi connectivity index (χ0v) is 7.66. The van der Waals surface area contributed by atoms with E-state index < -0.39 is 5.95 Å². The molecular formula is C10H11FN2O. The van der Waals surface area contributed by atoms with Crippen LogP contribution in [0.1, 0.15) is 23.3 Å². The van der Waals surface area contributed by atoms with Crippen LogP contribution in [0.15, 0.2) is 18.2 Å². The molecule has 1 saturated carbocycles. The summed E-state index contributed by atoms with van der Waals surface area (Å²) in [5.41, 5.74) is 0.144. The predicted octanol–water partition coefficient (Wildman–Crippen LogP) is 1.36. The number of carbonyl (C=O) groups excluding carboxylic acids is 1. The Morgan fingerprint density at radius 3 is 3.00 bits per heavy atom. The van der Waals surface area contributed by atoms with E-state index in [0.717, 1.165) is 0 Å². The van der Waals surface area contributed by atoms with Crippen LogP contribution in [-0.2, 0) is 0 Å². The second-order valence-electron chi connectivity index (χ2n) is 3.50. The average molecular weight is 194 g/mol. The molecule has 1 aliphatic rings. The van der Waals surface area contributed by atoms with Gasteiger partial charge in [-0.1, -0.05) is 6.07 Å². The molecule has 1 heterocycles. The summed E-state index contributed by atoms with van der Waals surface area (Å²) in [6.45, 7) is 0.678. The lowest BCUT2D eigenvalue weighted by Gasteiger charge is -2.02. The first kappa shape index (κ1) is 9.12. The number of amides is 1. The molecule has 0 atom stereocenters. The monoisotopic (exact) mass is 194 g/mol. The number of aromatic nitrogens is 1. The van der Waals surface area contributed by atoms with E-state index in [1.807, 2.05) is 0 Å². The van der Waals surface area contributed by atoms with Crippen molar-refractivity contribution in [3.8, 4) is 0 Å². The van der Waals surface area contributed by atoms with E-state index in [1.54, 1.807) is 0 Å². The Labute approximate surface area is 81.3 Å². The molecule has 1 aliphatic carbocycles. The lowest BCUT2D eigenvalue weighted by molar-refractivity contribution is 0.0945. The molecule has 0 saturated heterocycles. The smallest absolute Gasteiger partial charge is 0.270 e. The summed E-state index contributed by atoms with van der Waals surface area (Å²) in [6.07, 6.45) is 2.35. The number of halogens is 1. The minimum Gasteiger partial charge on any atom is -0.350 e. The number of carbonyl (C=O) groups is 1. The molecule has 4 heteroatoms. The first-order valence-corrected chi connectivity index (χ1v) is 4.66. The molecule has 2 rings (SSSR count). The van der Waals surface area contributed by atoms with E-state index in [4.69, 9.17) is 0 Å². The van der Waals surface area contributed by atoms with Crippen LogP contribution in [0.3, 0.4) is 0 Å². The minimum atomic E-state index is -0.621. The Morgan fingerprint density at radius 1 is 1.57 bits per heavy atom. The Balaban J connectivity index is 1.95. The maximum Gasteiger partial charge on any atom is 0.270 e. The summed E-state index contributed by atoms with van der Waals surface area (Å²) in [5.74, 6) is -0.298. The summed E-state index contributed by atoms with van der Waals surface area (Å²) in [4.78, 5) is 14.9. The summed E-state index contributed by atoms with van der Waals surface area (Å²) in [7, 11) is 0. The van der Waals surface area contributed by atoms with Crippen molar-refractivity contribution in [2.45, 2.75) is 12.8 Å². The molecule has 0 unspecified atom stereocenters. The van der Waals surface area contributed by atoms with Crippen LogP contribution in [0.2, 0.25) is 0 Å². The van der Waals surface area contributed by atoms with Crippen molar-refractivity contribution in [1.82, 2.24) is 10.3 Å². The van der Waals surface area contributed by atoms with Crippen LogP contribution in [0, 0.1) is 11.9 Å². The molecule has 1 aromatic rings. The number of rotatable bonds is 3. The highest BCUT2D eigenvalue weighted by molar-refractivity contribution is 5.92. The van der Waals surface area contributed by atoms with Crippen LogP contribution in [0.25, 0.3) is 0 Å². The normalized spacial score (nSPS) is 15.2. The molecule has 1 amide bonds. The molecule has 1 fully saturated rings. The molecule has 0 spiro atoms. The summed E-state index contributed by atoms with van der Waals surface area (Å²) < 4.78 is 12.6. The number of nitrogens with one attached hydrogen (secondary N) is 1. The van der Waals surface area contributed by atoms with Crippen LogP contribution >= 0.6 is 0 Å². The molecule has 14 heavy (non-hydrogen) atoms. The Bertz CT molecular complexity index is 350. The highest BCUT2D eigenvalue weighted by Gasteiger charge is 2.22. The molecule has 3 nitrogen and oxygen atoms in total. The van der Waals surface area contributed by atoms with Gasteiger partial charge in [0, 0.05) is 6.54 Å². The molecule has 1 N–H and O–H groups in total. The lowest BCUT2D eigenvalue weighted by Crippen LogP contribution is -2.26. The standard InChI is InChI=1S/C10H11FN2O/c11-9-3-1-2-8(13-9)10(14)12-6-7-4-5-7/h1-3,7H,4-6H2,(H,12,14). The fourth-order valence-electron chi connectivity index (χ4n) is 1.18. The molecule has 0 aliphatic heterocycles. The largest absolute Gasteiger partial charge is 0.350 e. The van der Waals surface area contributed by atoms with E-state index in [0.29, 0.717) is 12.5 Å². The molecule has 0 aromatic carbocycles. The van der Waals surface area contributed by atoms with Crippen LogP contribution in [0.5, 0.6) is 0 Å². The highest BCUT2D eigenvalue weighted by Crippen LogP contribution is 2.27. The second kappa shape index (κ2) is 3.74. The Morgan fingerprint density at radius 2 is 2.36 bits per heavy atom. The van der Waals surface area contributed by atoms with Crippen molar-refractivity contribution in [2.75, 3.05) is 6.54 Å². The van der Waals surface area contributed by atoms with Gasteiger partial charge in [-0.15, -0.1) is 0 Å². The van der Waals surface area contributed by atoms with E-state index in [1.165, 1.54) is 31.0 Å². The van der Waals surface area contributed by atoms with Gasteiger partial charge in [0.15, 0.2) is 0 Å². The second-order valence-corrected chi connectivity index (χ2v) is 3.50. The average Bonchev–Trinajstić information content (AvgIpc) is 2.97. The van der Waals surface area contributed by atoms with E-state index >= 15 is 0 Å². The van der Waals surface area contributed by atoms with Gasteiger partial charge in [0.25, 0.3) is 5.91 Å². The Kier molecular flexibility index (Phi) is 2.43. The van der Waals surface area contributed by atoms with Gasteiger partial charge < -0.3 is 5.32 Å². The SMILES string of the molecule is O=C(NCC1CC1)c1cccc(F)n1. The maximum absolute atomic E-state index is 12.6. The first-order valence-electron chi connectivity index (χ1n) is 4.66. The van der Waals surface area contributed by atoms with Gasteiger partial charge in [-0.25, -0.2) is 4.98 Å². The van der Waals surface area contributed by atoms with Gasteiger partial charge in [0.05, 0.1) is 0 Å². The molecule has 0 radical (unpaired) electrons. The van der Waals surface area contributed by atoms with E-state index in [2.05, 4.69) is 10.3 Å². The zero-order valence-electron chi connectivity index (χ0n) is 7.66. The van der Waals surface area contributed by atoms with Crippen molar-refractivity contribution in [3.05, 3.63) is 29.8 Å². The third kappa shape index (κ3) is 2.28. The molecule has 1 aromatic heterocycles. The fraction of sp³-hybridized carbons (Fsp3) is 0.400. The molecule has 0 bridgehead atoms. The first-order chi connectivity index (χ1) is 6.75. The van der Waals surface area contributed by atoms with E-state index in [-0.39, 0.29) is 11.6 Å². The maximum atomic E-state index is 12.6. The number of pyridine rings is 1. The fourth-order valence-corrected chi connectivity index (χ4v) is 1.18. The topological polar surface area (TPSA) is 42.0 Å². The van der Waals surface area contributed by atoms with Gasteiger partial charge >= 0.3 is 0 Å². The predicted molar refractivity (Wildman–Crippen MR) is 49.3 cm³/mol. The molecular weight excluding hydrogens is 183 g/mol. The summed E-state index contributed by atoms with van der Waals surface area (Å²) >= 11 is 0. The minimum absolute atomic E-state index is 0.144. The van der Waals surface area contributed by atoms with Gasteiger partial charge in [0.1, 0.15) is 5.69 Å². The number of hydrogen-bond donors (Lipinski definition) is 1.